The highest BCUT2D eigenvalue weighted by atomic mass is 31.2. The quantitative estimate of drug-likeness (QED) is 0.413. The number of benzene rings is 2. The topological polar surface area (TPSA) is 55.8 Å². The normalized spacial score (nSPS) is 14.2. The number of hydrogen-bond acceptors (Lipinski definition) is 3. The first-order chi connectivity index (χ1) is 13.7. The number of rotatable bonds is 10. The summed E-state index contributed by atoms with van der Waals surface area (Å²) in [5, 5.41) is 0. The third-order valence-electron chi connectivity index (χ3n) is 4.19. The van der Waals surface area contributed by atoms with Crippen molar-refractivity contribution in [1.82, 2.24) is 0 Å². The number of hydrogen-bond donors (Lipinski definition) is 1. The van der Waals surface area contributed by atoms with E-state index in [-0.39, 0.29) is 19.1 Å². The van der Waals surface area contributed by atoms with Crippen molar-refractivity contribution in [2.24, 2.45) is 17.8 Å². The van der Waals surface area contributed by atoms with Gasteiger partial charge >= 0.3 is 7.82 Å². The van der Waals surface area contributed by atoms with E-state index in [0.717, 1.165) is 12.8 Å². The molecule has 0 heterocycles. The molecule has 2 unspecified atom stereocenters. The predicted octanol–water partition coefficient (Wildman–Crippen LogP) is 7.20. The second kappa shape index (κ2) is 13.7. The summed E-state index contributed by atoms with van der Waals surface area (Å²) in [6.45, 7) is 10.8. The lowest BCUT2D eigenvalue weighted by atomic mass is 9.97. The molecule has 0 aliphatic rings. The van der Waals surface area contributed by atoms with E-state index >= 15 is 0 Å². The van der Waals surface area contributed by atoms with Gasteiger partial charge in [0, 0.05) is 0 Å². The highest BCUT2D eigenvalue weighted by Crippen LogP contribution is 2.43. The molecule has 2 atom stereocenters. The zero-order valence-corrected chi connectivity index (χ0v) is 19.3. The molecule has 0 saturated carbocycles. The molecule has 0 saturated heterocycles. The molecule has 0 aliphatic heterocycles. The number of phosphoric ester groups is 1. The lowest BCUT2D eigenvalue weighted by Crippen LogP contribution is -2.06. The standard InChI is InChI=1S/C12H27O4P.C12H10/c1-10(2)8-12(5)6-7-15-17(13,14)16-9-11(3)4;1-3-7-11(8-4-1)12-9-5-2-6-10-12/h10-12H,6-9H2,1-5H3,(H,13,14);1-10H. The first-order valence-corrected chi connectivity index (χ1v) is 11.9. The van der Waals surface area contributed by atoms with Crippen LogP contribution in [0.1, 0.15) is 47.5 Å². The summed E-state index contributed by atoms with van der Waals surface area (Å²) < 4.78 is 21.2. The van der Waals surface area contributed by atoms with E-state index in [0.29, 0.717) is 11.8 Å². The van der Waals surface area contributed by atoms with Gasteiger partial charge in [-0.15, -0.1) is 0 Å². The Labute approximate surface area is 176 Å². The number of phosphoric acid groups is 1. The van der Waals surface area contributed by atoms with E-state index in [1.807, 2.05) is 26.0 Å². The van der Waals surface area contributed by atoms with E-state index in [1.54, 1.807) is 0 Å². The Morgan fingerprint density at radius 3 is 1.69 bits per heavy atom. The second-order valence-corrected chi connectivity index (χ2v) is 9.70. The van der Waals surface area contributed by atoms with Crippen LogP contribution in [0, 0.1) is 17.8 Å². The zero-order chi connectivity index (χ0) is 21.7. The molecule has 2 aromatic rings. The summed E-state index contributed by atoms with van der Waals surface area (Å²) in [6, 6.07) is 20.8. The van der Waals surface area contributed by atoms with Gasteiger partial charge in [0.05, 0.1) is 13.2 Å². The average molecular weight is 421 g/mol. The molecule has 4 nitrogen and oxygen atoms in total. The Hall–Kier alpha value is -1.45. The second-order valence-electron chi connectivity index (χ2n) is 8.25. The van der Waals surface area contributed by atoms with Crippen molar-refractivity contribution in [3.05, 3.63) is 60.7 Å². The summed E-state index contributed by atoms with van der Waals surface area (Å²) in [6.07, 6.45) is 1.89. The Kier molecular flexibility index (Phi) is 12.1. The van der Waals surface area contributed by atoms with Crippen molar-refractivity contribution < 1.29 is 18.5 Å². The van der Waals surface area contributed by atoms with Crippen LogP contribution in [0.25, 0.3) is 11.1 Å². The van der Waals surface area contributed by atoms with Gasteiger partial charge in [-0.3, -0.25) is 9.05 Å². The first-order valence-electron chi connectivity index (χ1n) is 10.4. The lowest BCUT2D eigenvalue weighted by molar-refractivity contribution is 0.130. The van der Waals surface area contributed by atoms with E-state index < -0.39 is 7.82 Å². The molecule has 0 amide bonds. The van der Waals surface area contributed by atoms with E-state index in [4.69, 9.17) is 9.05 Å². The fraction of sp³-hybridized carbons (Fsp3) is 0.500. The maximum Gasteiger partial charge on any atom is 0.472 e. The molecule has 162 valence electrons. The van der Waals surface area contributed by atoms with Gasteiger partial charge in [-0.1, -0.05) is 95.3 Å². The van der Waals surface area contributed by atoms with Gasteiger partial charge in [0.1, 0.15) is 0 Å². The van der Waals surface area contributed by atoms with E-state index in [2.05, 4.69) is 69.3 Å². The Morgan fingerprint density at radius 2 is 1.28 bits per heavy atom. The van der Waals surface area contributed by atoms with Crippen LogP contribution in [0.3, 0.4) is 0 Å². The average Bonchev–Trinajstić information content (AvgIpc) is 2.68. The van der Waals surface area contributed by atoms with Gasteiger partial charge in [0.25, 0.3) is 0 Å². The SMILES string of the molecule is CC(C)COP(=O)(O)OCCC(C)CC(C)C.c1ccc(-c2ccccc2)cc1. The third kappa shape index (κ3) is 12.7. The monoisotopic (exact) mass is 420 g/mol. The molecule has 2 rings (SSSR count). The molecule has 0 aliphatic carbocycles. The zero-order valence-electron chi connectivity index (χ0n) is 18.5. The summed E-state index contributed by atoms with van der Waals surface area (Å²) in [5.74, 6) is 1.36. The summed E-state index contributed by atoms with van der Waals surface area (Å²) in [4.78, 5) is 9.37. The Morgan fingerprint density at radius 1 is 0.793 bits per heavy atom. The van der Waals surface area contributed by atoms with E-state index in [9.17, 15) is 9.46 Å². The highest BCUT2D eigenvalue weighted by Gasteiger charge is 2.21. The van der Waals surface area contributed by atoms with E-state index in [1.165, 1.54) is 11.1 Å². The van der Waals surface area contributed by atoms with Gasteiger partial charge in [-0.2, -0.15) is 0 Å². The van der Waals surface area contributed by atoms with Crippen LogP contribution in [0.15, 0.2) is 60.7 Å². The van der Waals surface area contributed by atoms with Gasteiger partial charge in [0.2, 0.25) is 0 Å². The predicted molar refractivity (Wildman–Crippen MR) is 122 cm³/mol. The van der Waals surface area contributed by atoms with Crippen LogP contribution < -0.4 is 0 Å². The van der Waals surface area contributed by atoms with Gasteiger partial charge in [0.15, 0.2) is 0 Å². The maximum absolute atomic E-state index is 11.4. The Balaban J connectivity index is 0.000000304. The Bertz CT molecular complexity index is 664. The molecule has 0 bridgehead atoms. The van der Waals surface area contributed by atoms with Crippen molar-refractivity contribution in [3.63, 3.8) is 0 Å². The van der Waals surface area contributed by atoms with Gasteiger partial charge in [-0.05, 0) is 41.7 Å². The van der Waals surface area contributed by atoms with Gasteiger partial charge in [-0.25, -0.2) is 4.57 Å². The van der Waals surface area contributed by atoms with Crippen LogP contribution in [0.2, 0.25) is 0 Å². The van der Waals surface area contributed by atoms with Crippen LogP contribution >= 0.6 is 7.82 Å². The lowest BCUT2D eigenvalue weighted by Gasteiger charge is -2.16. The van der Waals surface area contributed by atoms with Crippen LogP contribution in [0.4, 0.5) is 0 Å². The molecular formula is C24H37O4P. The maximum atomic E-state index is 11.4. The summed E-state index contributed by atoms with van der Waals surface area (Å²) in [5.41, 5.74) is 2.55. The smallest absolute Gasteiger partial charge is 0.302 e. The molecular weight excluding hydrogens is 383 g/mol. The molecule has 0 radical (unpaired) electrons. The molecule has 5 heteroatoms. The fourth-order valence-electron chi connectivity index (χ4n) is 2.83. The first kappa shape index (κ1) is 25.6. The van der Waals surface area contributed by atoms with Crippen LogP contribution in [0.5, 0.6) is 0 Å². The van der Waals surface area contributed by atoms with Crippen LogP contribution in [-0.4, -0.2) is 18.1 Å². The highest BCUT2D eigenvalue weighted by molar-refractivity contribution is 7.47. The minimum Gasteiger partial charge on any atom is -0.302 e. The van der Waals surface area contributed by atoms with Gasteiger partial charge < -0.3 is 4.89 Å². The van der Waals surface area contributed by atoms with Crippen molar-refractivity contribution in [3.8, 4) is 11.1 Å². The van der Waals surface area contributed by atoms with Crippen molar-refractivity contribution in [1.29, 1.82) is 0 Å². The van der Waals surface area contributed by atoms with Crippen molar-refractivity contribution >= 4 is 7.82 Å². The van der Waals surface area contributed by atoms with Crippen molar-refractivity contribution in [2.45, 2.75) is 47.5 Å². The third-order valence-corrected chi connectivity index (χ3v) is 5.18. The van der Waals surface area contributed by atoms with Crippen molar-refractivity contribution in [2.75, 3.05) is 13.2 Å². The largest absolute Gasteiger partial charge is 0.472 e. The minimum atomic E-state index is -3.84. The summed E-state index contributed by atoms with van der Waals surface area (Å²) in [7, 11) is -3.84. The fourth-order valence-corrected chi connectivity index (χ4v) is 3.73. The summed E-state index contributed by atoms with van der Waals surface area (Å²) >= 11 is 0. The molecule has 0 spiro atoms. The molecule has 2 aromatic carbocycles. The molecule has 0 aromatic heterocycles. The molecule has 1 N–H and O–H groups in total. The van der Waals surface area contributed by atoms with Crippen LogP contribution in [-0.2, 0) is 13.6 Å². The molecule has 0 fully saturated rings. The molecule has 29 heavy (non-hydrogen) atoms. The minimum absolute atomic E-state index is 0.221.